The van der Waals surface area contributed by atoms with Crippen LogP contribution in [0.3, 0.4) is 0 Å². The maximum atomic E-state index is 12.7. The summed E-state index contributed by atoms with van der Waals surface area (Å²) in [6.07, 6.45) is 4.79. The second-order valence-electron chi connectivity index (χ2n) is 6.68. The zero-order valence-electron chi connectivity index (χ0n) is 14.0. The van der Waals surface area contributed by atoms with Gasteiger partial charge >= 0.3 is 0 Å². The Labute approximate surface area is 136 Å². The number of carbonyl (C=O) groups is 1. The van der Waals surface area contributed by atoms with Crippen LogP contribution >= 0.6 is 0 Å². The smallest absolute Gasteiger partial charge is 0.237 e. The van der Waals surface area contributed by atoms with Gasteiger partial charge in [0.25, 0.3) is 0 Å². The number of hydrogen-bond acceptors (Lipinski definition) is 5. The molecule has 7 heteroatoms. The molecule has 0 N–H and O–H groups in total. The molecule has 7 nitrogen and oxygen atoms in total. The molecular weight excluding hydrogens is 292 g/mol. The zero-order valence-corrected chi connectivity index (χ0v) is 14.0. The van der Waals surface area contributed by atoms with Crippen LogP contribution in [-0.4, -0.2) is 56.1 Å². The number of amides is 1. The number of nitrogens with zero attached hydrogens (tertiary/aromatic N) is 6. The van der Waals surface area contributed by atoms with Gasteiger partial charge in [-0.25, -0.2) is 0 Å². The molecule has 0 saturated heterocycles. The summed E-state index contributed by atoms with van der Waals surface area (Å²) in [7, 11) is 1.79. The number of aryl methyl sites for hydroxylation is 1. The SMILES string of the molecule is Cc1nnc2n1CCN(CC(=O)N(C)C1(C#N)CCCCC1)C2. The van der Waals surface area contributed by atoms with Gasteiger partial charge in [0, 0.05) is 20.1 Å². The number of fused-ring (bicyclic) bond motifs is 1. The van der Waals surface area contributed by atoms with Gasteiger partial charge in [0.05, 0.1) is 19.2 Å². The number of nitriles is 1. The topological polar surface area (TPSA) is 78.1 Å². The van der Waals surface area contributed by atoms with E-state index in [4.69, 9.17) is 0 Å². The molecular formula is C16H24N6O. The Balaban J connectivity index is 1.64. The summed E-state index contributed by atoms with van der Waals surface area (Å²) in [6, 6.07) is 2.41. The third-order valence-corrected chi connectivity index (χ3v) is 5.28. The van der Waals surface area contributed by atoms with Gasteiger partial charge in [0.15, 0.2) is 0 Å². The van der Waals surface area contributed by atoms with E-state index in [0.29, 0.717) is 13.1 Å². The first-order valence-corrected chi connectivity index (χ1v) is 8.35. The highest BCUT2D eigenvalue weighted by Gasteiger charge is 2.39. The summed E-state index contributed by atoms with van der Waals surface area (Å²) in [5.41, 5.74) is -0.609. The van der Waals surface area contributed by atoms with Crippen LogP contribution in [0.15, 0.2) is 0 Å². The highest BCUT2D eigenvalue weighted by molar-refractivity contribution is 5.79. The Hall–Kier alpha value is -1.94. The largest absolute Gasteiger partial charge is 0.326 e. The van der Waals surface area contributed by atoms with Gasteiger partial charge in [-0.05, 0) is 19.8 Å². The molecule has 23 heavy (non-hydrogen) atoms. The molecule has 1 saturated carbocycles. The summed E-state index contributed by atoms with van der Waals surface area (Å²) in [5.74, 6) is 1.86. The Morgan fingerprint density at radius 2 is 2.04 bits per heavy atom. The Morgan fingerprint density at radius 3 is 2.74 bits per heavy atom. The van der Waals surface area contributed by atoms with Crippen molar-refractivity contribution < 1.29 is 4.79 Å². The summed E-state index contributed by atoms with van der Waals surface area (Å²) in [5, 5.41) is 17.9. The van der Waals surface area contributed by atoms with Crippen molar-refractivity contribution in [3.63, 3.8) is 0 Å². The van der Waals surface area contributed by atoms with E-state index >= 15 is 0 Å². The molecule has 2 heterocycles. The maximum absolute atomic E-state index is 12.7. The molecule has 1 aliphatic carbocycles. The van der Waals surface area contributed by atoms with E-state index < -0.39 is 5.54 Å². The first-order chi connectivity index (χ1) is 11.1. The minimum absolute atomic E-state index is 0.0261. The molecule has 0 aromatic carbocycles. The second-order valence-corrected chi connectivity index (χ2v) is 6.68. The van der Waals surface area contributed by atoms with Crippen molar-refractivity contribution >= 4 is 5.91 Å². The predicted octanol–water partition coefficient (Wildman–Crippen LogP) is 1.09. The zero-order chi connectivity index (χ0) is 16.4. The van der Waals surface area contributed by atoms with E-state index in [2.05, 4.69) is 25.7 Å². The standard InChI is InChI=1S/C16H24N6O/c1-13-18-19-14-10-21(8-9-22(13)14)11-15(23)20(2)16(12-17)6-4-3-5-7-16/h3-11H2,1-2H3. The van der Waals surface area contributed by atoms with E-state index in [1.807, 2.05) is 6.92 Å². The molecule has 0 atom stereocenters. The lowest BCUT2D eigenvalue weighted by atomic mass is 9.81. The molecule has 0 spiro atoms. The normalized spacial score (nSPS) is 20.6. The fourth-order valence-electron chi connectivity index (χ4n) is 3.68. The Bertz CT molecular complexity index is 625. The van der Waals surface area contributed by atoms with Gasteiger partial charge < -0.3 is 9.47 Å². The third kappa shape index (κ3) is 2.95. The number of likely N-dealkylation sites (N-methyl/N-ethyl adjacent to an activating group) is 1. The molecule has 1 aromatic rings. The van der Waals surface area contributed by atoms with Crippen LogP contribution in [0, 0.1) is 18.3 Å². The monoisotopic (exact) mass is 316 g/mol. The van der Waals surface area contributed by atoms with Crippen LogP contribution in [0.2, 0.25) is 0 Å². The van der Waals surface area contributed by atoms with Crippen LogP contribution < -0.4 is 0 Å². The molecule has 1 fully saturated rings. The van der Waals surface area contributed by atoms with Crippen LogP contribution in [0.1, 0.15) is 43.8 Å². The summed E-state index contributed by atoms with van der Waals surface area (Å²) >= 11 is 0. The van der Waals surface area contributed by atoms with E-state index in [0.717, 1.165) is 56.8 Å². The molecule has 3 rings (SSSR count). The summed E-state index contributed by atoms with van der Waals surface area (Å²) in [6.45, 7) is 4.55. The summed E-state index contributed by atoms with van der Waals surface area (Å²) < 4.78 is 2.10. The molecule has 1 aromatic heterocycles. The van der Waals surface area contributed by atoms with Gasteiger partial charge in [-0.2, -0.15) is 5.26 Å². The van der Waals surface area contributed by atoms with Crippen LogP contribution in [0.4, 0.5) is 0 Å². The lowest BCUT2D eigenvalue weighted by Gasteiger charge is -2.40. The van der Waals surface area contributed by atoms with E-state index in [-0.39, 0.29) is 5.91 Å². The first-order valence-electron chi connectivity index (χ1n) is 8.35. The summed E-state index contributed by atoms with van der Waals surface area (Å²) in [4.78, 5) is 16.5. The van der Waals surface area contributed by atoms with Crippen molar-refractivity contribution in [3.05, 3.63) is 11.6 Å². The van der Waals surface area contributed by atoms with Crippen LogP contribution in [-0.2, 0) is 17.9 Å². The number of aromatic nitrogens is 3. The number of carbonyl (C=O) groups excluding carboxylic acids is 1. The molecule has 0 radical (unpaired) electrons. The molecule has 0 unspecified atom stereocenters. The first kappa shape index (κ1) is 15.9. The van der Waals surface area contributed by atoms with Crippen molar-refractivity contribution in [3.8, 4) is 6.07 Å². The average molecular weight is 316 g/mol. The lowest BCUT2D eigenvalue weighted by molar-refractivity contribution is -0.136. The van der Waals surface area contributed by atoms with Crippen molar-refractivity contribution in [2.45, 2.75) is 57.7 Å². The average Bonchev–Trinajstić information content (AvgIpc) is 2.95. The van der Waals surface area contributed by atoms with Gasteiger partial charge in [-0.15, -0.1) is 10.2 Å². The Morgan fingerprint density at radius 1 is 1.30 bits per heavy atom. The van der Waals surface area contributed by atoms with Crippen molar-refractivity contribution in [2.75, 3.05) is 20.1 Å². The van der Waals surface area contributed by atoms with Crippen molar-refractivity contribution in [2.24, 2.45) is 0 Å². The highest BCUT2D eigenvalue weighted by atomic mass is 16.2. The second kappa shape index (κ2) is 6.28. The van der Waals surface area contributed by atoms with Gasteiger partial charge in [0.2, 0.25) is 5.91 Å². The minimum Gasteiger partial charge on any atom is -0.326 e. The van der Waals surface area contributed by atoms with Crippen LogP contribution in [0.5, 0.6) is 0 Å². The highest BCUT2D eigenvalue weighted by Crippen LogP contribution is 2.32. The minimum atomic E-state index is -0.609. The van der Waals surface area contributed by atoms with Crippen molar-refractivity contribution in [1.29, 1.82) is 5.26 Å². The van der Waals surface area contributed by atoms with E-state index in [1.165, 1.54) is 0 Å². The fraction of sp³-hybridized carbons (Fsp3) is 0.750. The molecule has 2 aliphatic rings. The fourth-order valence-corrected chi connectivity index (χ4v) is 3.68. The van der Waals surface area contributed by atoms with Crippen molar-refractivity contribution in [1.82, 2.24) is 24.6 Å². The number of rotatable bonds is 3. The molecule has 124 valence electrons. The number of hydrogen-bond donors (Lipinski definition) is 0. The molecule has 0 bridgehead atoms. The maximum Gasteiger partial charge on any atom is 0.237 e. The molecule has 1 amide bonds. The lowest BCUT2D eigenvalue weighted by Crippen LogP contribution is -2.53. The quantitative estimate of drug-likeness (QED) is 0.834. The predicted molar refractivity (Wildman–Crippen MR) is 84.2 cm³/mol. The van der Waals surface area contributed by atoms with E-state index in [1.54, 1.807) is 11.9 Å². The molecule has 1 aliphatic heterocycles. The van der Waals surface area contributed by atoms with Gasteiger partial charge in [0.1, 0.15) is 17.2 Å². The van der Waals surface area contributed by atoms with Gasteiger partial charge in [-0.3, -0.25) is 9.69 Å². The third-order valence-electron chi connectivity index (χ3n) is 5.28. The Kier molecular flexibility index (Phi) is 4.35. The van der Waals surface area contributed by atoms with Gasteiger partial charge in [-0.1, -0.05) is 19.3 Å². The van der Waals surface area contributed by atoms with Crippen LogP contribution in [0.25, 0.3) is 0 Å². The van der Waals surface area contributed by atoms with E-state index in [9.17, 15) is 10.1 Å².